The molecule has 1 N–H and O–H groups in total. The zero-order chi connectivity index (χ0) is 21.6. The quantitative estimate of drug-likeness (QED) is 0.559. The van der Waals surface area contributed by atoms with Gasteiger partial charge in [-0.2, -0.15) is 16.1 Å². The number of amides is 1. The molecule has 1 aliphatic heterocycles. The van der Waals surface area contributed by atoms with E-state index in [1.165, 1.54) is 22.0 Å². The molecule has 5 nitrogen and oxygen atoms in total. The molecule has 162 valence electrons. The number of carbonyl (C=O) groups excluding carboxylic acids is 1. The van der Waals surface area contributed by atoms with E-state index in [1.54, 1.807) is 23.9 Å². The molecule has 1 aliphatic rings. The van der Waals surface area contributed by atoms with Crippen LogP contribution in [0.4, 0.5) is 0 Å². The van der Waals surface area contributed by atoms with E-state index >= 15 is 0 Å². The number of piperidine rings is 1. The maximum absolute atomic E-state index is 12.9. The highest BCUT2D eigenvalue weighted by Crippen LogP contribution is 2.25. The van der Waals surface area contributed by atoms with Gasteiger partial charge >= 0.3 is 0 Å². The summed E-state index contributed by atoms with van der Waals surface area (Å²) in [6, 6.07) is 13.8. The van der Waals surface area contributed by atoms with Gasteiger partial charge in [-0.1, -0.05) is 35.3 Å². The fourth-order valence-electron chi connectivity index (χ4n) is 3.29. The Morgan fingerprint density at radius 1 is 1.07 bits per heavy atom. The molecule has 0 radical (unpaired) electrons. The average molecular weight is 487 g/mol. The zero-order valence-electron chi connectivity index (χ0n) is 16.4. The Hall–Kier alpha value is -1.25. The molecule has 9 heteroatoms. The summed E-state index contributed by atoms with van der Waals surface area (Å²) in [4.78, 5) is 12.7. The zero-order valence-corrected chi connectivity index (χ0v) is 19.5. The smallest absolute Gasteiger partial charge is 0.243 e. The van der Waals surface area contributed by atoms with Gasteiger partial charge in [0.05, 0.1) is 10.8 Å². The summed E-state index contributed by atoms with van der Waals surface area (Å²) in [5.74, 6) is 1.22. The fourth-order valence-corrected chi connectivity index (χ4v) is 5.89. The van der Waals surface area contributed by atoms with E-state index in [2.05, 4.69) is 5.32 Å². The topological polar surface area (TPSA) is 66.5 Å². The van der Waals surface area contributed by atoms with E-state index in [9.17, 15) is 13.2 Å². The van der Waals surface area contributed by atoms with Crippen LogP contribution in [-0.4, -0.2) is 44.0 Å². The fraction of sp³-hybridized carbons (Fsp3) is 0.381. The second kappa shape index (κ2) is 10.9. The van der Waals surface area contributed by atoms with Gasteiger partial charge in [0.2, 0.25) is 15.9 Å². The molecule has 0 aliphatic carbocycles. The molecule has 1 fully saturated rings. The third kappa shape index (κ3) is 6.37. The van der Waals surface area contributed by atoms with E-state index in [-0.39, 0.29) is 23.3 Å². The monoisotopic (exact) mass is 486 g/mol. The maximum atomic E-state index is 12.9. The first kappa shape index (κ1) is 23.4. The Balaban J connectivity index is 1.45. The van der Waals surface area contributed by atoms with Crippen molar-refractivity contribution in [3.63, 3.8) is 0 Å². The number of sulfonamides is 1. The SMILES string of the molecule is O=C(NCCSCc1ccc(Cl)cc1)C1CCCN(S(=O)(=O)c2ccc(Cl)cc2)C1. The number of thioether (sulfide) groups is 1. The van der Waals surface area contributed by atoms with Crippen molar-refractivity contribution in [1.29, 1.82) is 0 Å². The number of benzene rings is 2. The summed E-state index contributed by atoms with van der Waals surface area (Å²) in [6.07, 6.45) is 1.35. The van der Waals surface area contributed by atoms with Crippen molar-refractivity contribution < 1.29 is 13.2 Å². The molecule has 30 heavy (non-hydrogen) atoms. The number of carbonyl (C=O) groups is 1. The summed E-state index contributed by atoms with van der Waals surface area (Å²) in [6.45, 7) is 1.18. The second-order valence-corrected chi connectivity index (χ2v) is 11.0. The van der Waals surface area contributed by atoms with Crippen LogP contribution in [0, 0.1) is 5.92 Å². The van der Waals surface area contributed by atoms with Crippen LogP contribution in [0.25, 0.3) is 0 Å². The Bertz CT molecular complexity index is 951. The molecule has 2 aromatic rings. The summed E-state index contributed by atoms with van der Waals surface area (Å²) < 4.78 is 27.1. The second-order valence-electron chi connectivity index (χ2n) is 7.13. The van der Waals surface area contributed by atoms with Crippen LogP contribution in [0.3, 0.4) is 0 Å². The third-order valence-electron chi connectivity index (χ3n) is 4.93. The lowest BCUT2D eigenvalue weighted by Gasteiger charge is -2.31. The lowest BCUT2D eigenvalue weighted by Crippen LogP contribution is -2.45. The van der Waals surface area contributed by atoms with Crippen LogP contribution < -0.4 is 5.32 Å². The van der Waals surface area contributed by atoms with Crippen molar-refractivity contribution >= 4 is 50.9 Å². The molecule has 1 saturated heterocycles. The van der Waals surface area contributed by atoms with Gasteiger partial charge in [0.15, 0.2) is 0 Å². The standard InChI is InChI=1S/C21H24Cl2N2O3S2/c22-18-5-3-16(4-6-18)15-29-13-11-24-21(26)17-2-1-12-25(14-17)30(27,28)20-9-7-19(23)8-10-20/h3-10,17H,1-2,11-15H2,(H,24,26). The predicted molar refractivity (Wildman–Crippen MR) is 124 cm³/mol. The molecule has 1 atom stereocenters. The Morgan fingerprint density at radius 3 is 2.37 bits per heavy atom. The molecule has 0 bridgehead atoms. The van der Waals surface area contributed by atoms with Gasteiger partial charge in [-0.3, -0.25) is 4.79 Å². The average Bonchev–Trinajstić information content (AvgIpc) is 2.75. The number of halogens is 2. The third-order valence-corrected chi connectivity index (χ3v) is 8.35. The van der Waals surface area contributed by atoms with Gasteiger partial charge in [-0.15, -0.1) is 0 Å². The first-order chi connectivity index (χ1) is 14.4. The molecule has 3 rings (SSSR count). The molecule has 1 unspecified atom stereocenters. The molecule has 1 heterocycles. The van der Waals surface area contributed by atoms with Crippen LogP contribution >= 0.6 is 35.0 Å². The van der Waals surface area contributed by atoms with Gasteiger partial charge in [0.25, 0.3) is 0 Å². The number of hydrogen-bond donors (Lipinski definition) is 1. The van der Waals surface area contributed by atoms with Gasteiger partial charge in [-0.05, 0) is 54.8 Å². The molecule has 0 saturated carbocycles. The van der Waals surface area contributed by atoms with Crippen molar-refractivity contribution in [3.05, 3.63) is 64.1 Å². The van der Waals surface area contributed by atoms with E-state index in [4.69, 9.17) is 23.2 Å². The van der Waals surface area contributed by atoms with Crippen LogP contribution in [0.5, 0.6) is 0 Å². The number of hydrogen-bond acceptors (Lipinski definition) is 4. The summed E-state index contributed by atoms with van der Waals surface area (Å²) in [7, 11) is -3.63. The van der Waals surface area contributed by atoms with E-state index < -0.39 is 10.0 Å². The van der Waals surface area contributed by atoms with Crippen molar-refractivity contribution in [3.8, 4) is 0 Å². The van der Waals surface area contributed by atoms with Crippen molar-refractivity contribution in [2.45, 2.75) is 23.5 Å². The lowest BCUT2D eigenvalue weighted by molar-refractivity contribution is -0.125. The van der Waals surface area contributed by atoms with Crippen LogP contribution in [0.15, 0.2) is 53.4 Å². The minimum Gasteiger partial charge on any atom is -0.355 e. The summed E-state index contributed by atoms with van der Waals surface area (Å²) in [5, 5.41) is 4.15. The normalized spacial score (nSPS) is 17.6. The van der Waals surface area contributed by atoms with E-state index in [0.717, 1.165) is 16.5 Å². The van der Waals surface area contributed by atoms with Gasteiger partial charge in [0, 0.05) is 41.2 Å². The molecule has 2 aromatic carbocycles. The highest BCUT2D eigenvalue weighted by Gasteiger charge is 2.33. The minimum atomic E-state index is -3.63. The van der Waals surface area contributed by atoms with Crippen molar-refractivity contribution in [1.82, 2.24) is 9.62 Å². The summed E-state index contributed by atoms with van der Waals surface area (Å²) in [5.41, 5.74) is 1.19. The van der Waals surface area contributed by atoms with Crippen LogP contribution in [0.2, 0.25) is 10.0 Å². The van der Waals surface area contributed by atoms with Crippen molar-refractivity contribution in [2.75, 3.05) is 25.4 Å². The maximum Gasteiger partial charge on any atom is 0.243 e. The highest BCUT2D eigenvalue weighted by molar-refractivity contribution is 7.98. The molecule has 0 spiro atoms. The first-order valence-corrected chi connectivity index (χ1v) is 13.1. The highest BCUT2D eigenvalue weighted by atomic mass is 35.5. The lowest BCUT2D eigenvalue weighted by atomic mass is 9.99. The Morgan fingerprint density at radius 2 is 1.70 bits per heavy atom. The molecule has 0 aromatic heterocycles. The van der Waals surface area contributed by atoms with Crippen LogP contribution in [-0.2, 0) is 20.6 Å². The molecular weight excluding hydrogens is 463 g/mol. The van der Waals surface area contributed by atoms with Crippen LogP contribution in [0.1, 0.15) is 18.4 Å². The van der Waals surface area contributed by atoms with Crippen molar-refractivity contribution in [2.24, 2.45) is 5.92 Å². The van der Waals surface area contributed by atoms with Gasteiger partial charge in [0.1, 0.15) is 0 Å². The molecule has 1 amide bonds. The minimum absolute atomic E-state index is 0.0851. The largest absolute Gasteiger partial charge is 0.355 e. The predicted octanol–water partition coefficient (Wildman–Crippen LogP) is 4.44. The number of rotatable bonds is 8. The Labute approximate surface area is 192 Å². The molecular formula is C21H24Cl2N2O3S2. The van der Waals surface area contributed by atoms with E-state index in [0.29, 0.717) is 31.0 Å². The number of nitrogens with zero attached hydrogens (tertiary/aromatic N) is 1. The Kier molecular flexibility index (Phi) is 8.48. The summed E-state index contributed by atoms with van der Waals surface area (Å²) >= 11 is 13.5. The van der Waals surface area contributed by atoms with Gasteiger partial charge < -0.3 is 5.32 Å². The van der Waals surface area contributed by atoms with Gasteiger partial charge in [-0.25, -0.2) is 8.42 Å². The first-order valence-electron chi connectivity index (χ1n) is 9.72. The van der Waals surface area contributed by atoms with E-state index in [1.807, 2.05) is 24.3 Å². The number of nitrogens with one attached hydrogen (secondary N) is 1.